The number of nitrogens with one attached hydrogen (secondary N) is 2. The molecule has 0 spiro atoms. The van der Waals surface area contributed by atoms with Crippen molar-refractivity contribution in [2.24, 2.45) is 13.0 Å². The summed E-state index contributed by atoms with van der Waals surface area (Å²) in [5.74, 6) is 2.16. The van der Waals surface area contributed by atoms with Crippen LogP contribution in [0.3, 0.4) is 0 Å². The summed E-state index contributed by atoms with van der Waals surface area (Å²) in [7, 11) is 3.57. The normalized spacial score (nSPS) is 18.2. The third kappa shape index (κ3) is 8.16. The van der Waals surface area contributed by atoms with Crippen molar-refractivity contribution in [2.75, 3.05) is 69.7 Å². The summed E-state index contributed by atoms with van der Waals surface area (Å²) in [5.41, 5.74) is 5.71. The fourth-order valence-electron chi connectivity index (χ4n) is 7.56. The number of nitrogens with zero attached hydrogens (tertiary/aromatic N) is 6. The molecule has 1 unspecified atom stereocenters. The van der Waals surface area contributed by atoms with Crippen LogP contribution >= 0.6 is 0 Å². The SMILES string of the molecule is COc1ccc(C(C)C)cc1CN1CCN(C(=O)C(C)CC[C@H]2CN(c3cccc4[nH]ccc34)CCN2CC(=O)Nc2cc(C)nn2C)CC1. The van der Waals surface area contributed by atoms with E-state index in [1.165, 1.54) is 22.2 Å². The molecule has 4 aromatic rings. The highest BCUT2D eigenvalue weighted by Crippen LogP contribution is 2.30. The Morgan fingerprint density at radius 2 is 1.82 bits per heavy atom. The average molecular weight is 683 g/mol. The van der Waals surface area contributed by atoms with Gasteiger partial charge in [0.15, 0.2) is 0 Å². The van der Waals surface area contributed by atoms with Crippen LogP contribution in [0.5, 0.6) is 5.75 Å². The van der Waals surface area contributed by atoms with Crippen LogP contribution in [0.1, 0.15) is 56.4 Å². The van der Waals surface area contributed by atoms with Crippen molar-refractivity contribution in [1.29, 1.82) is 0 Å². The highest BCUT2D eigenvalue weighted by molar-refractivity contribution is 5.93. The molecule has 0 radical (unpaired) electrons. The fraction of sp³-hybridized carbons (Fsp3) is 0.513. The Hall–Kier alpha value is -4.35. The van der Waals surface area contributed by atoms with Gasteiger partial charge in [0.05, 0.1) is 19.3 Å². The zero-order valence-electron chi connectivity index (χ0n) is 30.6. The van der Waals surface area contributed by atoms with Crippen molar-refractivity contribution in [3.8, 4) is 5.75 Å². The quantitative estimate of drug-likeness (QED) is 0.211. The Labute approximate surface area is 296 Å². The van der Waals surface area contributed by atoms with Gasteiger partial charge in [-0.1, -0.05) is 39.0 Å². The third-order valence-electron chi connectivity index (χ3n) is 10.5. The van der Waals surface area contributed by atoms with Gasteiger partial charge in [-0.25, -0.2) is 0 Å². The van der Waals surface area contributed by atoms with Gasteiger partial charge in [0.25, 0.3) is 0 Å². The molecule has 0 aliphatic carbocycles. The number of fused-ring (bicyclic) bond motifs is 1. The molecule has 2 aliphatic heterocycles. The molecule has 11 heteroatoms. The van der Waals surface area contributed by atoms with Gasteiger partial charge in [0, 0.05) is 106 Å². The molecule has 50 heavy (non-hydrogen) atoms. The van der Waals surface area contributed by atoms with Gasteiger partial charge in [-0.2, -0.15) is 5.10 Å². The number of H-pyrrole nitrogens is 1. The molecule has 2 aromatic carbocycles. The van der Waals surface area contributed by atoms with Crippen molar-refractivity contribution in [3.63, 3.8) is 0 Å². The van der Waals surface area contributed by atoms with Crippen LogP contribution in [-0.4, -0.2) is 107 Å². The lowest BCUT2D eigenvalue weighted by molar-refractivity contribution is -0.137. The molecule has 2 amide bonds. The van der Waals surface area contributed by atoms with Crippen LogP contribution in [0, 0.1) is 12.8 Å². The van der Waals surface area contributed by atoms with Crippen LogP contribution in [0.15, 0.2) is 54.7 Å². The Kier molecular flexibility index (Phi) is 11.1. The number of rotatable bonds is 12. The first-order chi connectivity index (χ1) is 24.1. The fourth-order valence-corrected chi connectivity index (χ4v) is 7.56. The highest BCUT2D eigenvalue weighted by Gasteiger charge is 2.32. The van der Waals surface area contributed by atoms with E-state index in [1.807, 2.05) is 31.1 Å². The van der Waals surface area contributed by atoms with Crippen LogP contribution in [0.2, 0.25) is 0 Å². The average Bonchev–Trinajstić information content (AvgIpc) is 3.72. The number of ether oxygens (including phenoxy) is 1. The van der Waals surface area contributed by atoms with E-state index in [2.05, 4.69) is 93.3 Å². The number of aromatic amines is 1. The van der Waals surface area contributed by atoms with E-state index >= 15 is 0 Å². The number of methoxy groups -OCH3 is 1. The molecular formula is C39H54N8O3. The number of carbonyl (C=O) groups excluding carboxylic acids is 2. The second kappa shape index (κ2) is 15.7. The molecule has 2 atom stereocenters. The van der Waals surface area contributed by atoms with Gasteiger partial charge >= 0.3 is 0 Å². The molecule has 11 nitrogen and oxygen atoms in total. The zero-order chi connectivity index (χ0) is 35.4. The first-order valence-corrected chi connectivity index (χ1v) is 18.1. The largest absolute Gasteiger partial charge is 0.496 e. The van der Waals surface area contributed by atoms with E-state index < -0.39 is 0 Å². The maximum Gasteiger partial charge on any atom is 0.239 e. The minimum atomic E-state index is -0.0963. The summed E-state index contributed by atoms with van der Waals surface area (Å²) in [4.78, 5) is 39.6. The van der Waals surface area contributed by atoms with Crippen LogP contribution < -0.4 is 15.0 Å². The molecule has 2 aliphatic rings. The van der Waals surface area contributed by atoms with Crippen LogP contribution in [-0.2, 0) is 23.2 Å². The van der Waals surface area contributed by atoms with Crippen molar-refractivity contribution in [2.45, 2.75) is 59.0 Å². The van der Waals surface area contributed by atoms with Crippen molar-refractivity contribution in [3.05, 3.63) is 71.5 Å². The van der Waals surface area contributed by atoms with Gasteiger partial charge in [0.2, 0.25) is 11.8 Å². The predicted octanol–water partition coefficient (Wildman–Crippen LogP) is 5.23. The smallest absolute Gasteiger partial charge is 0.239 e. The van der Waals surface area contributed by atoms with Gasteiger partial charge < -0.3 is 24.8 Å². The van der Waals surface area contributed by atoms with Crippen molar-refractivity contribution < 1.29 is 14.3 Å². The lowest BCUT2D eigenvalue weighted by atomic mass is 9.97. The second-order valence-corrected chi connectivity index (χ2v) is 14.4. The Morgan fingerprint density at radius 3 is 2.54 bits per heavy atom. The van der Waals surface area contributed by atoms with Crippen molar-refractivity contribution >= 4 is 34.2 Å². The number of hydrogen-bond donors (Lipinski definition) is 2. The summed E-state index contributed by atoms with van der Waals surface area (Å²) in [5, 5.41) is 8.63. The minimum absolute atomic E-state index is 0.0465. The van der Waals surface area contributed by atoms with Crippen LogP contribution in [0.4, 0.5) is 11.5 Å². The van der Waals surface area contributed by atoms with Gasteiger partial charge in [-0.05, 0) is 55.5 Å². The number of carbonyl (C=O) groups is 2. The standard InChI is InChI=1S/C39H54N8O3/c1-27(2)30-11-13-36(50-6)31(23-30)24-44-16-18-45(19-17-44)39(49)28(3)10-12-32-25-47(35-9-7-8-34-33(35)14-15-40-34)21-20-46(32)26-38(48)41-37-22-29(4)42-43(37)5/h7-9,11,13-15,22-23,27-28,32,40H,10,12,16-21,24-26H2,1-6H3,(H,41,48)/t28?,32-/m0/s1. The van der Waals surface area contributed by atoms with Gasteiger partial charge in [-0.15, -0.1) is 0 Å². The Morgan fingerprint density at radius 1 is 1.02 bits per heavy atom. The van der Waals surface area contributed by atoms with Crippen LogP contribution in [0.25, 0.3) is 10.9 Å². The highest BCUT2D eigenvalue weighted by atomic mass is 16.5. The Balaban J connectivity index is 1.07. The number of aryl methyl sites for hydroxylation is 2. The molecule has 2 N–H and O–H groups in total. The minimum Gasteiger partial charge on any atom is -0.496 e. The number of anilines is 2. The molecule has 2 fully saturated rings. The molecule has 0 bridgehead atoms. The number of benzene rings is 2. The number of piperazine rings is 2. The van der Waals surface area contributed by atoms with E-state index in [-0.39, 0.29) is 23.8 Å². The summed E-state index contributed by atoms with van der Waals surface area (Å²) in [6, 6.07) is 17.0. The van der Waals surface area contributed by atoms with E-state index in [0.29, 0.717) is 18.3 Å². The maximum absolute atomic E-state index is 13.7. The van der Waals surface area contributed by atoms with Gasteiger partial charge in [0.1, 0.15) is 11.6 Å². The molecular weight excluding hydrogens is 628 g/mol. The van der Waals surface area contributed by atoms with E-state index in [0.717, 1.165) is 82.2 Å². The monoisotopic (exact) mass is 682 g/mol. The summed E-state index contributed by atoms with van der Waals surface area (Å²) >= 11 is 0. The van der Waals surface area contributed by atoms with E-state index in [1.54, 1.807) is 11.8 Å². The summed E-state index contributed by atoms with van der Waals surface area (Å²) in [6.07, 6.45) is 3.58. The molecule has 2 aromatic heterocycles. The van der Waals surface area contributed by atoms with Gasteiger partial charge in [-0.3, -0.25) is 24.1 Å². The molecule has 268 valence electrons. The topological polar surface area (TPSA) is 102 Å². The second-order valence-electron chi connectivity index (χ2n) is 14.4. The number of hydrogen-bond acceptors (Lipinski definition) is 7. The Bertz CT molecular complexity index is 1770. The molecule has 0 saturated carbocycles. The maximum atomic E-state index is 13.7. The zero-order valence-corrected chi connectivity index (χ0v) is 30.6. The van der Waals surface area contributed by atoms with Crippen molar-refractivity contribution in [1.82, 2.24) is 29.5 Å². The first kappa shape index (κ1) is 35.5. The lowest BCUT2D eigenvalue weighted by Gasteiger charge is -2.43. The predicted molar refractivity (Wildman–Crippen MR) is 200 cm³/mol. The third-order valence-corrected chi connectivity index (χ3v) is 10.5. The molecule has 4 heterocycles. The van der Waals surface area contributed by atoms with E-state index in [4.69, 9.17) is 4.74 Å². The summed E-state index contributed by atoms with van der Waals surface area (Å²) in [6.45, 7) is 15.1. The molecule has 2 saturated heterocycles. The first-order valence-electron chi connectivity index (χ1n) is 18.1. The molecule has 6 rings (SSSR count). The summed E-state index contributed by atoms with van der Waals surface area (Å²) < 4.78 is 7.38. The van der Waals surface area contributed by atoms with E-state index in [9.17, 15) is 9.59 Å². The lowest BCUT2D eigenvalue weighted by Crippen LogP contribution is -2.55. The number of aromatic nitrogens is 3. The number of amides is 2.